The predicted octanol–water partition coefficient (Wildman–Crippen LogP) is 7.77. The van der Waals surface area contributed by atoms with Crippen molar-refractivity contribution in [2.45, 2.75) is 76.5 Å². The molecule has 0 spiro atoms. The molecule has 0 bridgehead atoms. The number of hydrogen-bond donors (Lipinski definition) is 0. The van der Waals surface area contributed by atoms with Gasteiger partial charge in [-0.05, 0) is 84.9 Å². The summed E-state index contributed by atoms with van der Waals surface area (Å²) in [6, 6.07) is 6.30. The molecule has 228 valence electrons. The minimum absolute atomic E-state index is 0.0493. The van der Waals surface area contributed by atoms with Gasteiger partial charge in [0.1, 0.15) is 0 Å². The van der Waals surface area contributed by atoms with Gasteiger partial charge in [0.2, 0.25) is 0 Å². The monoisotopic (exact) mass is 605 g/mol. The summed E-state index contributed by atoms with van der Waals surface area (Å²) in [6.45, 7) is 4.46. The average Bonchev–Trinajstić information content (AvgIpc) is 3.24. The Hall–Kier alpha value is -2.43. The molecule has 2 saturated carbocycles. The first-order valence-electron chi connectivity index (χ1n) is 14.6. The van der Waals surface area contributed by atoms with Crippen LogP contribution in [0.4, 0.5) is 18.0 Å². The highest BCUT2D eigenvalue weighted by atomic mass is 32.2. The Bertz CT molecular complexity index is 1320. The Morgan fingerprint density at radius 2 is 1.86 bits per heavy atom. The topological polar surface area (TPSA) is 74.2 Å². The number of ketones is 1. The smallest absolute Gasteiger partial charge is 0.382 e. The van der Waals surface area contributed by atoms with Crippen LogP contribution in [0.25, 0.3) is 0 Å². The molecule has 1 aromatic rings. The Labute approximate surface area is 249 Å². The van der Waals surface area contributed by atoms with E-state index in [4.69, 9.17) is 9.47 Å². The number of halogens is 3. The largest absolute Gasteiger partial charge is 0.437 e. The zero-order valence-corrected chi connectivity index (χ0v) is 25.3. The highest BCUT2D eigenvalue weighted by molar-refractivity contribution is 8.13. The molecule has 0 heterocycles. The lowest BCUT2D eigenvalue weighted by molar-refractivity contribution is -0.149. The summed E-state index contributed by atoms with van der Waals surface area (Å²) < 4.78 is 53.8. The van der Waals surface area contributed by atoms with Crippen molar-refractivity contribution in [1.82, 2.24) is 0 Å². The zero-order valence-electron chi connectivity index (χ0n) is 24.5. The van der Waals surface area contributed by atoms with Crippen molar-refractivity contribution in [1.29, 1.82) is 0 Å². The lowest BCUT2D eigenvalue weighted by Crippen LogP contribution is -2.54. The Kier molecular flexibility index (Phi) is 8.80. The van der Waals surface area contributed by atoms with Gasteiger partial charge in [-0.1, -0.05) is 48.8 Å². The van der Waals surface area contributed by atoms with Gasteiger partial charge in [-0.2, -0.15) is 13.2 Å². The van der Waals surface area contributed by atoms with E-state index in [-0.39, 0.29) is 22.7 Å². The summed E-state index contributed by atoms with van der Waals surface area (Å²) in [4.78, 5) is 28.6. The van der Waals surface area contributed by atoms with E-state index in [1.54, 1.807) is 39.4 Å². The van der Waals surface area contributed by atoms with Gasteiger partial charge in [0.25, 0.3) is 0 Å². The molecule has 6 nitrogen and oxygen atoms in total. The van der Waals surface area contributed by atoms with Crippen molar-refractivity contribution in [3.05, 3.63) is 58.2 Å². The van der Waals surface area contributed by atoms with Crippen LogP contribution >= 0.6 is 11.8 Å². The fourth-order valence-electron chi connectivity index (χ4n) is 8.27. The van der Waals surface area contributed by atoms with Crippen LogP contribution in [0.15, 0.2) is 52.2 Å². The van der Waals surface area contributed by atoms with E-state index in [0.29, 0.717) is 37.0 Å². The third-order valence-corrected chi connectivity index (χ3v) is 10.7. The Balaban J connectivity index is 1.58. The minimum Gasteiger partial charge on any atom is -0.382 e. The van der Waals surface area contributed by atoms with Gasteiger partial charge < -0.3 is 14.3 Å². The quantitative estimate of drug-likeness (QED) is 0.180. The van der Waals surface area contributed by atoms with Crippen LogP contribution < -0.4 is 0 Å². The molecule has 4 aliphatic rings. The average molecular weight is 606 g/mol. The first-order valence-corrected chi connectivity index (χ1v) is 15.6. The maximum atomic E-state index is 13.9. The number of carbonyl (C=O) groups is 2. The van der Waals surface area contributed by atoms with Crippen molar-refractivity contribution in [2.24, 2.45) is 22.4 Å². The van der Waals surface area contributed by atoms with Gasteiger partial charge in [0, 0.05) is 43.3 Å². The number of alkyl halides is 3. The third kappa shape index (κ3) is 5.39. The predicted molar refractivity (Wildman–Crippen MR) is 156 cm³/mol. The molecular formula is C32H38F3NO5S. The van der Waals surface area contributed by atoms with Crippen LogP contribution in [0, 0.1) is 17.3 Å². The maximum absolute atomic E-state index is 13.9. The molecule has 0 unspecified atom stereocenters. The molecule has 5 rings (SSSR count). The molecule has 0 aliphatic heterocycles. The summed E-state index contributed by atoms with van der Waals surface area (Å²) in [6.07, 6.45) is 2.63. The Morgan fingerprint density at radius 3 is 2.50 bits per heavy atom. The highest BCUT2D eigenvalue weighted by Gasteiger charge is 2.63. The van der Waals surface area contributed by atoms with Crippen molar-refractivity contribution in [3.63, 3.8) is 0 Å². The molecular weight excluding hydrogens is 567 g/mol. The van der Waals surface area contributed by atoms with Gasteiger partial charge in [-0.25, -0.2) is 4.79 Å². The lowest BCUT2D eigenvalue weighted by atomic mass is 9.51. The van der Waals surface area contributed by atoms with E-state index in [1.165, 1.54) is 23.3 Å². The molecule has 0 saturated heterocycles. The van der Waals surface area contributed by atoms with Crippen LogP contribution in [0.5, 0.6) is 0 Å². The fourth-order valence-corrected chi connectivity index (χ4v) is 8.60. The van der Waals surface area contributed by atoms with E-state index >= 15 is 0 Å². The highest BCUT2D eigenvalue weighted by Crippen LogP contribution is 2.67. The van der Waals surface area contributed by atoms with E-state index in [0.717, 1.165) is 55.0 Å². The van der Waals surface area contributed by atoms with Gasteiger partial charge in [-0.15, -0.1) is 0 Å². The standard InChI is InChI=1S/C32H38F3NO5S/c1-5-42-29(38)41-36-28(32(33,34)35)20-8-6-19(7-9-20)25-17-30(2)26(14-15-31(30,40-4)18-39-3)24-12-10-21-16-22(37)11-13-23(21)27(24)25/h6-9,16,24-26H,5,10-15,17-18H2,1-4H3/b36-28-/t24-,25+,26-,30-,31+/m0/s1. The molecule has 0 aromatic heterocycles. The van der Waals surface area contributed by atoms with Crippen LogP contribution in [0.3, 0.4) is 0 Å². The van der Waals surface area contributed by atoms with Crippen molar-refractivity contribution < 1.29 is 37.1 Å². The summed E-state index contributed by atoms with van der Waals surface area (Å²) in [7, 11) is 3.45. The molecule has 0 radical (unpaired) electrons. The van der Waals surface area contributed by atoms with Crippen molar-refractivity contribution in [3.8, 4) is 0 Å². The minimum atomic E-state index is -4.81. The van der Waals surface area contributed by atoms with Gasteiger partial charge >= 0.3 is 11.5 Å². The molecule has 5 atom stereocenters. The number of allylic oxidation sites excluding steroid dienone is 4. The Morgan fingerprint density at radius 1 is 1.12 bits per heavy atom. The number of ether oxygens (including phenoxy) is 2. The number of rotatable bonds is 7. The number of nitrogens with zero attached hydrogens (tertiary/aromatic N) is 1. The van der Waals surface area contributed by atoms with Crippen molar-refractivity contribution in [2.75, 3.05) is 26.6 Å². The number of carbonyl (C=O) groups excluding carboxylic acids is 2. The van der Waals surface area contributed by atoms with Crippen LogP contribution in [-0.4, -0.2) is 55.2 Å². The second-order valence-electron chi connectivity index (χ2n) is 12.0. The van der Waals surface area contributed by atoms with Gasteiger partial charge in [0.15, 0.2) is 11.5 Å². The third-order valence-electron chi connectivity index (χ3n) is 10.1. The first-order chi connectivity index (χ1) is 20.0. The number of hydrogen-bond acceptors (Lipinski definition) is 7. The summed E-state index contributed by atoms with van der Waals surface area (Å²) >= 11 is 0.747. The second-order valence-corrected chi connectivity index (χ2v) is 13.2. The van der Waals surface area contributed by atoms with E-state index in [2.05, 4.69) is 16.9 Å². The summed E-state index contributed by atoms with van der Waals surface area (Å²) in [5.74, 6) is 1.15. The normalized spacial score (nSPS) is 31.3. The number of oxime groups is 1. The summed E-state index contributed by atoms with van der Waals surface area (Å²) in [5, 5.41) is 2.31. The van der Waals surface area contributed by atoms with Crippen LogP contribution in [-0.2, 0) is 19.1 Å². The van der Waals surface area contributed by atoms with E-state index in [1.807, 2.05) is 0 Å². The van der Waals surface area contributed by atoms with E-state index in [9.17, 15) is 22.8 Å². The second kappa shape index (κ2) is 11.9. The molecule has 4 aliphatic carbocycles. The number of methoxy groups -OCH3 is 2. The molecule has 1 aromatic carbocycles. The van der Waals surface area contributed by atoms with E-state index < -0.39 is 22.8 Å². The molecule has 0 N–H and O–H groups in total. The summed E-state index contributed by atoms with van der Waals surface area (Å²) in [5.41, 5.74) is 2.54. The van der Waals surface area contributed by atoms with Crippen LogP contribution in [0.1, 0.15) is 75.8 Å². The number of thioether (sulfide) groups is 1. The molecule has 0 amide bonds. The number of benzene rings is 1. The van der Waals surface area contributed by atoms with Crippen molar-refractivity contribution >= 4 is 28.6 Å². The molecule has 2 fully saturated rings. The fraction of sp³-hybridized carbons (Fsp3) is 0.594. The van der Waals surface area contributed by atoms with Gasteiger partial charge in [0.05, 0.1) is 12.2 Å². The molecule has 10 heteroatoms. The first kappa shape index (κ1) is 31.0. The number of fused-ring (bicyclic) bond motifs is 4. The molecule has 42 heavy (non-hydrogen) atoms. The zero-order chi connectivity index (χ0) is 30.3. The lowest BCUT2D eigenvalue weighted by Gasteiger charge is -2.55. The SMILES string of the molecule is CCSC(=O)O/N=C(/c1ccc([C@H]2C[C@@]3(C)[C@@H](CC[C@]3(COC)OC)[C@@H]3CCC4=CC(=O)CCC4=C32)cc1)C(F)(F)F. The maximum Gasteiger partial charge on any atom is 0.437 e. The van der Waals surface area contributed by atoms with Gasteiger partial charge in [-0.3, -0.25) is 4.79 Å². The van der Waals surface area contributed by atoms with Crippen LogP contribution in [0.2, 0.25) is 0 Å².